The van der Waals surface area contributed by atoms with Crippen molar-refractivity contribution >= 4 is 5.97 Å². The summed E-state index contributed by atoms with van der Waals surface area (Å²) in [4.78, 5) is 11.8. The highest BCUT2D eigenvalue weighted by molar-refractivity contribution is 5.77. The van der Waals surface area contributed by atoms with Crippen LogP contribution in [-0.2, 0) is 16.0 Å². The van der Waals surface area contributed by atoms with Gasteiger partial charge in [0.1, 0.15) is 11.9 Å². The number of carbonyl (C=O) groups is 1. The number of aliphatic hydroxyl groups excluding tert-OH is 1. The first-order valence-corrected chi connectivity index (χ1v) is 11.3. The number of benzene rings is 3. The van der Waals surface area contributed by atoms with Crippen molar-refractivity contribution in [3.05, 3.63) is 83.7 Å². The molecule has 3 aromatic carbocycles. The van der Waals surface area contributed by atoms with E-state index in [1.54, 1.807) is 12.1 Å². The number of hydrogen-bond acceptors (Lipinski definition) is 3. The Hall–Kier alpha value is -3.05. The van der Waals surface area contributed by atoms with Crippen LogP contribution in [0.1, 0.15) is 43.7 Å². The highest BCUT2D eigenvalue weighted by atomic mass is 19.1. The molecule has 3 atom stereocenters. The van der Waals surface area contributed by atoms with Crippen LogP contribution in [0.5, 0.6) is 0 Å². The van der Waals surface area contributed by atoms with Crippen molar-refractivity contribution in [1.29, 1.82) is 0 Å². The minimum Gasteiger partial charge on any atom is -0.459 e. The van der Waals surface area contributed by atoms with Gasteiger partial charge in [-0.1, -0.05) is 62.4 Å². The summed E-state index contributed by atoms with van der Waals surface area (Å²) >= 11 is 0. The normalized spacial score (nSPS) is 20.7. The Morgan fingerprint density at radius 3 is 2.36 bits per heavy atom. The monoisotopic (exact) mass is 450 g/mol. The molecule has 1 saturated heterocycles. The zero-order valence-electron chi connectivity index (χ0n) is 18.8. The van der Waals surface area contributed by atoms with Crippen LogP contribution in [0.2, 0.25) is 0 Å². The Morgan fingerprint density at radius 2 is 1.70 bits per heavy atom. The molecule has 3 nitrogen and oxygen atoms in total. The maximum atomic E-state index is 14.6. The summed E-state index contributed by atoms with van der Waals surface area (Å²) in [5.74, 6) is -0.709. The van der Waals surface area contributed by atoms with Crippen molar-refractivity contribution < 1.29 is 23.4 Å². The van der Waals surface area contributed by atoms with Crippen molar-refractivity contribution in [3.8, 4) is 22.3 Å². The lowest BCUT2D eigenvalue weighted by molar-refractivity contribution is -0.170. The van der Waals surface area contributed by atoms with Crippen molar-refractivity contribution in [2.24, 2.45) is 0 Å². The van der Waals surface area contributed by atoms with E-state index in [1.165, 1.54) is 12.1 Å². The van der Waals surface area contributed by atoms with Crippen LogP contribution in [-0.4, -0.2) is 29.5 Å². The summed E-state index contributed by atoms with van der Waals surface area (Å²) in [5, 5.41) is 9.87. The van der Waals surface area contributed by atoms with E-state index in [4.69, 9.17) is 4.74 Å². The van der Waals surface area contributed by atoms with Crippen LogP contribution in [0.25, 0.3) is 22.3 Å². The maximum Gasteiger partial charge on any atom is 0.308 e. The predicted molar refractivity (Wildman–Crippen MR) is 125 cm³/mol. The summed E-state index contributed by atoms with van der Waals surface area (Å²) in [7, 11) is 0. The Bertz CT molecular complexity index is 1110. The zero-order valence-corrected chi connectivity index (χ0v) is 18.8. The molecule has 1 heterocycles. The molecule has 1 aliphatic heterocycles. The van der Waals surface area contributed by atoms with Crippen LogP contribution in [0.3, 0.4) is 0 Å². The van der Waals surface area contributed by atoms with Gasteiger partial charge in [0.15, 0.2) is 6.17 Å². The van der Waals surface area contributed by atoms with Gasteiger partial charge in [0.2, 0.25) is 0 Å². The first kappa shape index (κ1) is 23.1. The van der Waals surface area contributed by atoms with Crippen LogP contribution >= 0.6 is 0 Å². The fraction of sp³-hybridized carbons (Fsp3) is 0.321. The van der Waals surface area contributed by atoms with Gasteiger partial charge in [-0.2, -0.15) is 0 Å². The van der Waals surface area contributed by atoms with Crippen molar-refractivity contribution in [1.82, 2.24) is 0 Å². The first-order chi connectivity index (χ1) is 15.8. The Kier molecular flexibility index (Phi) is 6.89. The smallest absolute Gasteiger partial charge is 0.308 e. The molecular weight excluding hydrogens is 422 g/mol. The van der Waals surface area contributed by atoms with E-state index in [2.05, 4.69) is 26.0 Å². The third kappa shape index (κ3) is 5.14. The molecule has 3 aromatic rings. The minimum absolute atomic E-state index is 0.184. The van der Waals surface area contributed by atoms with Gasteiger partial charge in [-0.3, -0.25) is 4.79 Å². The standard InChI is InChI=1S/C28H28F2O3/c1-17(2)23-14-20(18-6-4-3-5-7-18)15-24(19-8-10-21(29)11-9-19)22(23)12-13-26-28(30)25(31)16-27(32)33-26/h3-11,14-15,17,25-26,28,31H,12-13,16H2,1-2H3/t25-,26+,28+/m0/s1. The van der Waals surface area contributed by atoms with Crippen LogP contribution in [0, 0.1) is 5.82 Å². The summed E-state index contributed by atoms with van der Waals surface area (Å²) in [6.45, 7) is 4.20. The summed E-state index contributed by atoms with van der Waals surface area (Å²) < 4.78 is 33.4. The van der Waals surface area contributed by atoms with Gasteiger partial charge in [0.05, 0.1) is 12.5 Å². The number of carbonyl (C=O) groups excluding carboxylic acids is 1. The molecule has 0 radical (unpaired) electrons. The molecule has 0 spiro atoms. The minimum atomic E-state index is -1.61. The first-order valence-electron chi connectivity index (χ1n) is 11.3. The third-order valence-corrected chi connectivity index (χ3v) is 6.23. The average Bonchev–Trinajstić information content (AvgIpc) is 2.81. The van der Waals surface area contributed by atoms with Crippen LogP contribution < -0.4 is 0 Å². The van der Waals surface area contributed by atoms with E-state index in [9.17, 15) is 18.7 Å². The largest absolute Gasteiger partial charge is 0.459 e. The van der Waals surface area contributed by atoms with E-state index < -0.39 is 24.3 Å². The number of cyclic esters (lactones) is 1. The Morgan fingerprint density at radius 1 is 1.00 bits per heavy atom. The number of rotatable bonds is 6. The predicted octanol–water partition coefficient (Wildman–Crippen LogP) is 6.23. The maximum absolute atomic E-state index is 14.6. The number of esters is 1. The molecule has 1 fully saturated rings. The van der Waals surface area contributed by atoms with E-state index in [0.717, 1.165) is 33.4 Å². The molecule has 0 aliphatic carbocycles. The van der Waals surface area contributed by atoms with Crippen LogP contribution in [0.4, 0.5) is 8.78 Å². The van der Waals surface area contributed by atoms with Crippen molar-refractivity contribution in [3.63, 3.8) is 0 Å². The lowest BCUT2D eigenvalue weighted by atomic mass is 9.83. The molecule has 0 unspecified atom stereocenters. The van der Waals surface area contributed by atoms with Gasteiger partial charge in [-0.15, -0.1) is 0 Å². The number of alkyl halides is 1. The molecule has 0 amide bonds. The molecule has 172 valence electrons. The fourth-order valence-corrected chi connectivity index (χ4v) is 4.49. The molecule has 0 aromatic heterocycles. The molecule has 33 heavy (non-hydrogen) atoms. The third-order valence-electron chi connectivity index (χ3n) is 6.23. The topological polar surface area (TPSA) is 46.5 Å². The van der Waals surface area contributed by atoms with Crippen molar-refractivity contribution in [2.75, 3.05) is 0 Å². The van der Waals surface area contributed by atoms with E-state index in [1.807, 2.05) is 30.3 Å². The molecular formula is C28H28F2O3. The number of ether oxygens (including phenoxy) is 1. The fourth-order valence-electron chi connectivity index (χ4n) is 4.49. The zero-order chi connectivity index (χ0) is 23.5. The lowest BCUT2D eigenvalue weighted by Gasteiger charge is -2.30. The molecule has 4 rings (SSSR count). The van der Waals surface area contributed by atoms with Gasteiger partial charge in [0, 0.05) is 0 Å². The summed E-state index contributed by atoms with van der Waals surface area (Å²) in [6.07, 6.45) is -3.54. The van der Waals surface area contributed by atoms with Crippen LogP contribution in [0.15, 0.2) is 66.7 Å². The lowest BCUT2D eigenvalue weighted by Crippen LogP contribution is -2.44. The molecule has 0 bridgehead atoms. The molecule has 5 heteroatoms. The van der Waals surface area contributed by atoms with E-state index in [-0.39, 0.29) is 24.6 Å². The Balaban J connectivity index is 1.78. The van der Waals surface area contributed by atoms with Gasteiger partial charge in [0.25, 0.3) is 0 Å². The van der Waals surface area contributed by atoms with Gasteiger partial charge in [-0.25, -0.2) is 8.78 Å². The second kappa shape index (κ2) is 9.84. The van der Waals surface area contributed by atoms with Crippen molar-refractivity contribution in [2.45, 2.75) is 57.4 Å². The van der Waals surface area contributed by atoms with E-state index >= 15 is 0 Å². The van der Waals surface area contributed by atoms with Gasteiger partial charge >= 0.3 is 5.97 Å². The average molecular weight is 451 g/mol. The second-order valence-corrected chi connectivity index (χ2v) is 8.90. The summed E-state index contributed by atoms with van der Waals surface area (Å²) in [5.41, 5.74) is 6.04. The molecule has 0 saturated carbocycles. The molecule has 1 aliphatic rings. The highest BCUT2D eigenvalue weighted by Crippen LogP contribution is 2.37. The van der Waals surface area contributed by atoms with Gasteiger partial charge < -0.3 is 9.84 Å². The quantitative estimate of drug-likeness (QED) is 0.453. The summed E-state index contributed by atoms with van der Waals surface area (Å²) in [6, 6.07) is 20.6. The highest BCUT2D eigenvalue weighted by Gasteiger charge is 2.38. The second-order valence-electron chi connectivity index (χ2n) is 8.90. The number of halogens is 2. The number of hydrogen-bond donors (Lipinski definition) is 1. The SMILES string of the molecule is CC(C)c1cc(-c2ccccc2)cc(-c2ccc(F)cc2)c1CC[C@H]1OC(=O)C[C@H](O)[C@H]1F. The Labute approximate surface area is 193 Å². The number of aliphatic hydroxyl groups is 1. The van der Waals surface area contributed by atoms with Gasteiger partial charge in [-0.05, 0) is 70.3 Å². The molecule has 1 N–H and O–H groups in total. The van der Waals surface area contributed by atoms with E-state index in [0.29, 0.717) is 6.42 Å².